The van der Waals surface area contributed by atoms with Gasteiger partial charge in [-0.1, -0.05) is 11.8 Å². The molecule has 1 amide bonds. The van der Waals surface area contributed by atoms with Crippen LogP contribution in [0.4, 0.5) is 0 Å². The number of aliphatic hydroxyl groups is 1. The highest BCUT2D eigenvalue weighted by Crippen LogP contribution is 2.15. The molecule has 0 aliphatic rings. The average molecular weight is 290 g/mol. The van der Waals surface area contributed by atoms with E-state index in [1.807, 2.05) is 11.6 Å². The van der Waals surface area contributed by atoms with E-state index >= 15 is 0 Å². The largest absolute Gasteiger partial charge is 0.384 e. The third-order valence-electron chi connectivity index (χ3n) is 2.56. The van der Waals surface area contributed by atoms with E-state index in [0.717, 1.165) is 10.7 Å². The fourth-order valence-electron chi connectivity index (χ4n) is 1.56. The van der Waals surface area contributed by atoms with Gasteiger partial charge in [-0.15, -0.1) is 21.5 Å². The molecule has 0 aliphatic heterocycles. The maximum atomic E-state index is 11.9. The smallest absolute Gasteiger partial charge is 0.261 e. The zero-order chi connectivity index (χ0) is 14.4. The molecular formula is C13H14N4O2S. The zero-order valence-corrected chi connectivity index (χ0v) is 11.8. The lowest BCUT2D eigenvalue weighted by Gasteiger charge is -2.02. The highest BCUT2D eigenvalue weighted by Gasteiger charge is 2.08. The van der Waals surface area contributed by atoms with Crippen LogP contribution in [0.1, 0.15) is 20.4 Å². The fraction of sp³-hybridized carbons (Fsp3) is 0.308. The van der Waals surface area contributed by atoms with E-state index in [1.54, 1.807) is 18.5 Å². The summed E-state index contributed by atoms with van der Waals surface area (Å²) in [6.07, 6.45) is 2.26. The molecule has 6 nitrogen and oxygen atoms in total. The molecule has 0 bridgehead atoms. The van der Waals surface area contributed by atoms with Crippen LogP contribution in [0.3, 0.4) is 0 Å². The highest BCUT2D eigenvalue weighted by atomic mass is 32.1. The van der Waals surface area contributed by atoms with Crippen molar-refractivity contribution in [3.63, 3.8) is 0 Å². The van der Waals surface area contributed by atoms with E-state index in [4.69, 9.17) is 5.11 Å². The quantitative estimate of drug-likeness (QED) is 0.788. The number of rotatable bonds is 4. The van der Waals surface area contributed by atoms with Crippen LogP contribution in [0.25, 0.3) is 0 Å². The van der Waals surface area contributed by atoms with Gasteiger partial charge in [0, 0.05) is 20.0 Å². The second-order valence-electron chi connectivity index (χ2n) is 3.99. The van der Waals surface area contributed by atoms with E-state index in [9.17, 15) is 4.79 Å². The number of aryl methyl sites for hydroxylation is 1. The van der Waals surface area contributed by atoms with Crippen molar-refractivity contribution in [3.8, 4) is 11.8 Å². The van der Waals surface area contributed by atoms with Gasteiger partial charge in [0.15, 0.2) is 0 Å². The number of aliphatic hydroxyl groups excluding tert-OH is 1. The van der Waals surface area contributed by atoms with Crippen LogP contribution in [0.5, 0.6) is 0 Å². The molecule has 20 heavy (non-hydrogen) atoms. The lowest BCUT2D eigenvalue weighted by atomic mass is 10.3. The summed E-state index contributed by atoms with van der Waals surface area (Å²) in [5, 5.41) is 19.2. The molecular weight excluding hydrogens is 276 g/mol. The fourth-order valence-corrected chi connectivity index (χ4v) is 2.36. The molecule has 104 valence electrons. The number of hydrogen-bond acceptors (Lipinski definition) is 5. The van der Waals surface area contributed by atoms with Crippen LogP contribution in [-0.2, 0) is 13.5 Å². The Bertz CT molecular complexity index is 651. The second kappa shape index (κ2) is 6.84. The number of amides is 1. The van der Waals surface area contributed by atoms with Gasteiger partial charge in [-0.05, 0) is 12.1 Å². The monoisotopic (exact) mass is 290 g/mol. The molecule has 2 aromatic heterocycles. The molecule has 0 atom stereocenters. The molecule has 0 saturated carbocycles. The van der Waals surface area contributed by atoms with Gasteiger partial charge in [0.25, 0.3) is 5.91 Å². The molecule has 2 heterocycles. The number of aromatic nitrogens is 3. The topological polar surface area (TPSA) is 80.0 Å². The molecule has 0 saturated heterocycles. The van der Waals surface area contributed by atoms with E-state index in [0.29, 0.717) is 17.8 Å². The zero-order valence-electron chi connectivity index (χ0n) is 11.0. The summed E-state index contributed by atoms with van der Waals surface area (Å²) in [6.45, 7) is 0.318. The Morgan fingerprint density at radius 3 is 3.10 bits per heavy atom. The Morgan fingerprint density at radius 1 is 1.55 bits per heavy atom. The van der Waals surface area contributed by atoms with Crippen LogP contribution in [-0.4, -0.2) is 38.9 Å². The highest BCUT2D eigenvalue weighted by molar-refractivity contribution is 7.14. The standard InChI is InChI=1S/C13H14N4O2S/c1-17-9-15-16-12(17)6-7-14-13(19)11-5-4-10(20-11)3-2-8-18/h4-5,9,18H,6-8H2,1H3,(H,14,19). The van der Waals surface area contributed by atoms with E-state index in [-0.39, 0.29) is 12.5 Å². The van der Waals surface area contributed by atoms with Gasteiger partial charge >= 0.3 is 0 Å². The van der Waals surface area contributed by atoms with Gasteiger partial charge in [0.2, 0.25) is 0 Å². The minimum atomic E-state index is -0.183. The minimum Gasteiger partial charge on any atom is -0.384 e. The first-order valence-electron chi connectivity index (χ1n) is 6.01. The summed E-state index contributed by atoms with van der Waals surface area (Å²) in [5.74, 6) is 6.02. The van der Waals surface area contributed by atoms with Gasteiger partial charge in [-0.25, -0.2) is 0 Å². The number of carbonyl (C=O) groups is 1. The van der Waals surface area contributed by atoms with Crippen molar-refractivity contribution in [2.75, 3.05) is 13.2 Å². The van der Waals surface area contributed by atoms with Gasteiger partial charge in [-0.3, -0.25) is 4.79 Å². The summed E-state index contributed by atoms with van der Waals surface area (Å²) >= 11 is 1.30. The van der Waals surface area contributed by atoms with Crippen LogP contribution in [0, 0.1) is 11.8 Å². The predicted molar refractivity (Wildman–Crippen MR) is 75.3 cm³/mol. The van der Waals surface area contributed by atoms with Crippen LogP contribution < -0.4 is 5.32 Å². The van der Waals surface area contributed by atoms with Gasteiger partial charge in [0.05, 0.1) is 9.75 Å². The number of thiophene rings is 1. The van der Waals surface area contributed by atoms with Crippen LogP contribution in [0.15, 0.2) is 18.5 Å². The molecule has 0 aromatic carbocycles. The first-order valence-corrected chi connectivity index (χ1v) is 6.83. The van der Waals surface area contributed by atoms with Gasteiger partial charge in [-0.2, -0.15) is 0 Å². The Kier molecular flexibility index (Phi) is 4.87. The van der Waals surface area contributed by atoms with Crippen molar-refractivity contribution in [1.82, 2.24) is 20.1 Å². The van der Waals surface area contributed by atoms with Gasteiger partial charge < -0.3 is 15.0 Å². The van der Waals surface area contributed by atoms with E-state index in [1.165, 1.54) is 11.3 Å². The molecule has 0 unspecified atom stereocenters. The lowest BCUT2D eigenvalue weighted by Crippen LogP contribution is -2.25. The Hall–Kier alpha value is -2.17. The average Bonchev–Trinajstić information content (AvgIpc) is 3.06. The summed E-state index contributed by atoms with van der Waals surface area (Å²) in [5.41, 5.74) is 0. The number of nitrogens with one attached hydrogen (secondary N) is 1. The third kappa shape index (κ3) is 3.66. The normalized spacial score (nSPS) is 9.90. The summed E-state index contributed by atoms with van der Waals surface area (Å²) in [7, 11) is 1.86. The molecule has 2 aromatic rings. The van der Waals surface area contributed by atoms with Crippen molar-refractivity contribution in [3.05, 3.63) is 34.0 Å². The third-order valence-corrected chi connectivity index (χ3v) is 3.56. The predicted octanol–water partition coefficient (Wildman–Crippen LogP) is 0.193. The van der Waals surface area contributed by atoms with E-state index < -0.39 is 0 Å². The Balaban J connectivity index is 1.86. The lowest BCUT2D eigenvalue weighted by molar-refractivity contribution is 0.0958. The van der Waals surface area contributed by atoms with Crippen LogP contribution in [0.2, 0.25) is 0 Å². The number of nitrogens with zero attached hydrogens (tertiary/aromatic N) is 3. The Labute approximate surface area is 120 Å². The van der Waals surface area contributed by atoms with Crippen molar-refractivity contribution in [2.24, 2.45) is 7.05 Å². The number of carbonyl (C=O) groups excluding carboxylic acids is 1. The first kappa shape index (κ1) is 14.2. The van der Waals surface area contributed by atoms with Crippen LogP contribution >= 0.6 is 11.3 Å². The maximum absolute atomic E-state index is 11.9. The molecule has 0 spiro atoms. The SMILES string of the molecule is Cn1cnnc1CCNC(=O)c1ccc(C#CCO)s1. The summed E-state index contributed by atoms with van der Waals surface area (Å²) in [6, 6.07) is 3.49. The molecule has 0 aliphatic carbocycles. The minimum absolute atomic E-state index is 0.130. The maximum Gasteiger partial charge on any atom is 0.261 e. The van der Waals surface area contributed by atoms with Gasteiger partial charge in [0.1, 0.15) is 18.8 Å². The Morgan fingerprint density at radius 2 is 2.40 bits per heavy atom. The molecule has 0 fully saturated rings. The molecule has 2 N–H and O–H groups in total. The number of hydrogen-bond donors (Lipinski definition) is 2. The molecule has 0 radical (unpaired) electrons. The van der Waals surface area contributed by atoms with E-state index in [2.05, 4.69) is 27.4 Å². The van der Waals surface area contributed by atoms with Crippen molar-refractivity contribution in [1.29, 1.82) is 0 Å². The summed E-state index contributed by atoms with van der Waals surface area (Å²) < 4.78 is 1.82. The van der Waals surface area contributed by atoms with Crippen molar-refractivity contribution >= 4 is 17.2 Å². The second-order valence-corrected chi connectivity index (χ2v) is 5.07. The first-order chi connectivity index (χ1) is 9.70. The van der Waals surface area contributed by atoms with Crippen molar-refractivity contribution in [2.45, 2.75) is 6.42 Å². The molecule has 2 rings (SSSR count). The van der Waals surface area contributed by atoms with Crippen molar-refractivity contribution < 1.29 is 9.90 Å². The molecule has 7 heteroatoms. The summed E-state index contributed by atoms with van der Waals surface area (Å²) in [4.78, 5) is 13.3.